The number of anilines is 6. The van der Waals surface area contributed by atoms with Crippen LogP contribution in [-0.2, 0) is 0 Å². The third-order valence-electron chi connectivity index (χ3n) is 13.2. The van der Waals surface area contributed by atoms with E-state index in [9.17, 15) is 0 Å². The molecule has 0 saturated carbocycles. The maximum Gasteiger partial charge on any atom is 0.137 e. The van der Waals surface area contributed by atoms with Crippen molar-refractivity contribution in [3.63, 3.8) is 0 Å². The zero-order chi connectivity index (χ0) is 45.4. The van der Waals surface area contributed by atoms with Gasteiger partial charge in [-0.15, -0.1) is 0 Å². The van der Waals surface area contributed by atoms with Gasteiger partial charge >= 0.3 is 0 Å². The molecule has 0 bridgehead atoms. The molecule has 0 fully saturated rings. The summed E-state index contributed by atoms with van der Waals surface area (Å²) in [5, 5.41) is 4.67. The van der Waals surface area contributed by atoms with Gasteiger partial charge in [0.15, 0.2) is 0 Å². The number of hydrogen-bond acceptors (Lipinski definition) is 3. The van der Waals surface area contributed by atoms with Gasteiger partial charge in [0.1, 0.15) is 11.2 Å². The van der Waals surface area contributed by atoms with Crippen molar-refractivity contribution in [2.75, 3.05) is 9.80 Å². The van der Waals surface area contributed by atoms with E-state index in [1.54, 1.807) is 0 Å². The molecule has 0 aliphatic heterocycles. The Morgan fingerprint density at radius 1 is 0.294 bits per heavy atom. The molecular weight excluding hydrogens is 825 g/mol. The van der Waals surface area contributed by atoms with Crippen LogP contribution in [0.4, 0.5) is 34.1 Å². The fourth-order valence-electron chi connectivity index (χ4n) is 9.76. The van der Waals surface area contributed by atoms with Crippen molar-refractivity contribution in [3.8, 4) is 44.5 Å². The topological polar surface area (TPSA) is 19.6 Å². The quantitative estimate of drug-likeness (QED) is 0.137. The molecule has 0 aliphatic carbocycles. The third-order valence-corrected chi connectivity index (χ3v) is 13.2. The molecule has 0 unspecified atom stereocenters. The highest BCUT2D eigenvalue weighted by atomic mass is 16.3. The number of nitrogens with zero attached hydrogens (tertiary/aromatic N) is 2. The Balaban J connectivity index is 0.873. The molecule has 1 aromatic heterocycles. The minimum atomic E-state index is 0.866. The van der Waals surface area contributed by atoms with Crippen molar-refractivity contribution in [1.82, 2.24) is 0 Å². The summed E-state index contributed by atoms with van der Waals surface area (Å²) < 4.78 is 6.56. The van der Waals surface area contributed by atoms with Crippen LogP contribution in [0, 0.1) is 6.92 Å². The molecule has 0 radical (unpaired) electrons. The first kappa shape index (κ1) is 40.6. The number of hydrogen-bond donors (Lipinski definition) is 0. The lowest BCUT2D eigenvalue weighted by molar-refractivity contribution is 0.669. The Bertz CT molecular complexity index is 3670. The number of rotatable bonds is 10. The van der Waals surface area contributed by atoms with Crippen LogP contribution in [0.5, 0.6) is 0 Å². The van der Waals surface area contributed by atoms with E-state index in [4.69, 9.17) is 4.42 Å². The predicted octanol–water partition coefficient (Wildman–Crippen LogP) is 18.7. The summed E-state index contributed by atoms with van der Waals surface area (Å²) in [4.78, 5) is 4.68. The summed E-state index contributed by atoms with van der Waals surface area (Å²) in [6.45, 7) is 2.15. The fourth-order valence-corrected chi connectivity index (χ4v) is 9.76. The van der Waals surface area contributed by atoms with Gasteiger partial charge in [-0.1, -0.05) is 176 Å². The van der Waals surface area contributed by atoms with Crippen LogP contribution >= 0.6 is 0 Å². The van der Waals surface area contributed by atoms with Gasteiger partial charge in [0.05, 0.1) is 5.69 Å². The first-order valence-corrected chi connectivity index (χ1v) is 23.2. The van der Waals surface area contributed by atoms with Gasteiger partial charge in [0.2, 0.25) is 0 Å². The zero-order valence-corrected chi connectivity index (χ0v) is 37.6. The summed E-state index contributed by atoms with van der Waals surface area (Å²) in [6, 6.07) is 93.6. The minimum Gasteiger partial charge on any atom is -0.456 e. The van der Waals surface area contributed by atoms with Gasteiger partial charge in [0.25, 0.3) is 0 Å². The highest BCUT2D eigenvalue weighted by Crippen LogP contribution is 2.46. The molecule has 0 spiro atoms. The number of fused-ring (bicyclic) bond motifs is 4. The molecule has 322 valence electrons. The lowest BCUT2D eigenvalue weighted by Crippen LogP contribution is -2.11. The molecule has 0 amide bonds. The molecule has 12 aromatic rings. The number of furan rings is 1. The molecule has 11 aromatic carbocycles. The van der Waals surface area contributed by atoms with Crippen molar-refractivity contribution in [2.24, 2.45) is 0 Å². The van der Waals surface area contributed by atoms with Crippen molar-refractivity contribution >= 4 is 66.8 Å². The van der Waals surface area contributed by atoms with E-state index in [2.05, 4.69) is 278 Å². The summed E-state index contributed by atoms with van der Waals surface area (Å²) in [5.41, 5.74) is 18.8. The van der Waals surface area contributed by atoms with Crippen molar-refractivity contribution in [2.45, 2.75) is 6.92 Å². The largest absolute Gasteiger partial charge is 0.456 e. The number of aryl methyl sites for hydroxylation is 1. The van der Waals surface area contributed by atoms with Gasteiger partial charge in [-0.3, -0.25) is 0 Å². The van der Waals surface area contributed by atoms with Gasteiger partial charge in [0, 0.05) is 50.8 Å². The van der Waals surface area contributed by atoms with Crippen LogP contribution in [0.1, 0.15) is 5.56 Å². The van der Waals surface area contributed by atoms with E-state index in [1.807, 2.05) is 0 Å². The summed E-state index contributed by atoms with van der Waals surface area (Å²) >= 11 is 0. The van der Waals surface area contributed by atoms with Crippen LogP contribution in [0.25, 0.3) is 77.2 Å². The average molecular weight is 871 g/mol. The Labute approximate surface area is 397 Å². The number of para-hydroxylation sites is 2. The summed E-state index contributed by atoms with van der Waals surface area (Å²) in [6.07, 6.45) is 0. The van der Waals surface area contributed by atoms with Gasteiger partial charge in [-0.05, 0) is 141 Å². The molecule has 3 nitrogen and oxygen atoms in total. The third kappa shape index (κ3) is 7.66. The number of benzene rings is 11. The van der Waals surface area contributed by atoms with Gasteiger partial charge in [-0.2, -0.15) is 0 Å². The zero-order valence-electron chi connectivity index (χ0n) is 37.6. The van der Waals surface area contributed by atoms with E-state index >= 15 is 0 Å². The van der Waals surface area contributed by atoms with Gasteiger partial charge < -0.3 is 14.2 Å². The maximum atomic E-state index is 6.56. The SMILES string of the molecule is Cc1cccc2oc3cc(N(c4cccc(-c5ccc(-c6ccc(-c7ccc(N(c8ccccc8)c8ccccc8)cc7)cc6)cc5)c4)c4cc5ccccc5cc4-c4ccccc4)ccc3c12. The molecule has 3 heteroatoms. The summed E-state index contributed by atoms with van der Waals surface area (Å²) in [7, 11) is 0. The van der Waals surface area contributed by atoms with Crippen molar-refractivity contribution in [1.29, 1.82) is 0 Å². The summed E-state index contributed by atoms with van der Waals surface area (Å²) in [5.74, 6) is 0. The molecule has 68 heavy (non-hydrogen) atoms. The fraction of sp³-hybridized carbons (Fsp3) is 0.0154. The standard InChI is InChI=1S/C65H46N2O/c1-45-15-13-26-63-65(45)60-40-39-59(44-64(60)68-63)67(62-43-54-19-12-11-18-53(54)42-61(62)51-16-5-2-6-17-51)58-25-14-20-52(41-58)50-33-31-47(32-34-50)46-27-29-48(30-28-46)49-35-37-57(38-36-49)66(55-21-7-3-8-22-55)56-23-9-4-10-24-56/h2-44H,1H3. The van der Waals surface area contributed by atoms with Crippen molar-refractivity contribution in [3.05, 3.63) is 266 Å². The monoisotopic (exact) mass is 870 g/mol. The molecule has 0 aliphatic rings. The smallest absolute Gasteiger partial charge is 0.137 e. The highest BCUT2D eigenvalue weighted by Gasteiger charge is 2.21. The van der Waals surface area contributed by atoms with Crippen molar-refractivity contribution < 1.29 is 4.42 Å². The van der Waals surface area contributed by atoms with E-state index < -0.39 is 0 Å². The van der Waals surface area contributed by atoms with Crippen LogP contribution in [0.3, 0.4) is 0 Å². The van der Waals surface area contributed by atoms with Crippen LogP contribution in [-0.4, -0.2) is 0 Å². The molecule has 0 saturated heterocycles. The van der Waals surface area contributed by atoms with Crippen LogP contribution < -0.4 is 9.80 Å². The lowest BCUT2D eigenvalue weighted by atomic mass is 9.96. The predicted molar refractivity (Wildman–Crippen MR) is 287 cm³/mol. The normalized spacial score (nSPS) is 11.3. The Morgan fingerprint density at radius 2 is 0.750 bits per heavy atom. The minimum absolute atomic E-state index is 0.866. The second kappa shape index (κ2) is 17.5. The van der Waals surface area contributed by atoms with E-state index in [1.165, 1.54) is 38.6 Å². The Kier molecular flexibility index (Phi) is 10.4. The lowest BCUT2D eigenvalue weighted by Gasteiger charge is -2.29. The van der Waals surface area contributed by atoms with Crippen LogP contribution in [0.15, 0.2) is 265 Å². The first-order valence-electron chi connectivity index (χ1n) is 23.2. The molecule has 0 N–H and O–H groups in total. The Morgan fingerprint density at radius 3 is 1.37 bits per heavy atom. The molecule has 12 rings (SSSR count). The van der Waals surface area contributed by atoms with E-state index in [0.29, 0.717) is 0 Å². The first-order chi connectivity index (χ1) is 33.6. The highest BCUT2D eigenvalue weighted by molar-refractivity contribution is 6.08. The van der Waals surface area contributed by atoms with E-state index in [0.717, 1.165) is 78.3 Å². The van der Waals surface area contributed by atoms with Crippen LogP contribution in [0.2, 0.25) is 0 Å². The van der Waals surface area contributed by atoms with Gasteiger partial charge in [-0.25, -0.2) is 0 Å². The molecular formula is C65H46N2O. The molecule has 1 heterocycles. The molecule has 0 atom stereocenters. The second-order valence-corrected chi connectivity index (χ2v) is 17.4. The van der Waals surface area contributed by atoms with E-state index in [-0.39, 0.29) is 0 Å². The average Bonchev–Trinajstić information content (AvgIpc) is 3.79. The maximum absolute atomic E-state index is 6.56. The second-order valence-electron chi connectivity index (χ2n) is 17.4. The Hall–Kier alpha value is -8.92.